The lowest BCUT2D eigenvalue weighted by Crippen LogP contribution is -2.18. The topological polar surface area (TPSA) is 49.8 Å². The maximum atomic E-state index is 4.31. The van der Waals surface area contributed by atoms with E-state index in [1.807, 2.05) is 13.0 Å². The van der Waals surface area contributed by atoms with Crippen LogP contribution >= 0.6 is 15.9 Å². The minimum Gasteiger partial charge on any atom is -0.369 e. The molecule has 4 nitrogen and oxygen atoms in total. The van der Waals surface area contributed by atoms with E-state index in [1.165, 1.54) is 5.56 Å². The molecule has 1 aromatic carbocycles. The Kier molecular flexibility index (Phi) is 5.99. The third-order valence-corrected chi connectivity index (χ3v) is 3.98. The van der Waals surface area contributed by atoms with E-state index in [2.05, 4.69) is 67.7 Å². The Labute approximate surface area is 134 Å². The fraction of sp³-hybridized carbons (Fsp3) is 0.375. The lowest BCUT2D eigenvalue weighted by molar-refractivity contribution is 0.702. The van der Waals surface area contributed by atoms with Crippen LogP contribution in [-0.4, -0.2) is 22.6 Å². The Morgan fingerprint density at radius 3 is 2.57 bits per heavy atom. The predicted molar refractivity (Wildman–Crippen MR) is 91.7 cm³/mol. The van der Waals surface area contributed by atoms with Gasteiger partial charge in [-0.2, -0.15) is 0 Å². The summed E-state index contributed by atoms with van der Waals surface area (Å²) in [6, 6.07) is 10.9. The summed E-state index contributed by atoms with van der Waals surface area (Å²) in [6.45, 7) is 5.05. The second-order valence-corrected chi connectivity index (χ2v) is 5.78. The number of hydrogen-bond donors (Lipinski definition) is 2. The van der Waals surface area contributed by atoms with Gasteiger partial charge in [-0.05, 0) is 48.2 Å². The lowest BCUT2D eigenvalue weighted by Gasteiger charge is -2.16. The molecule has 21 heavy (non-hydrogen) atoms. The molecule has 0 fully saturated rings. The van der Waals surface area contributed by atoms with Crippen molar-refractivity contribution in [2.45, 2.75) is 32.7 Å². The first-order valence-corrected chi connectivity index (χ1v) is 8.04. The summed E-state index contributed by atoms with van der Waals surface area (Å²) < 4.78 is 0.887. The number of halogens is 1. The van der Waals surface area contributed by atoms with Gasteiger partial charge < -0.3 is 10.6 Å². The van der Waals surface area contributed by atoms with E-state index < -0.39 is 0 Å². The summed E-state index contributed by atoms with van der Waals surface area (Å²) in [7, 11) is 0. The summed E-state index contributed by atoms with van der Waals surface area (Å²) in [4.78, 5) is 8.53. The number of aromatic nitrogens is 2. The fourth-order valence-corrected chi connectivity index (χ4v) is 2.55. The molecule has 2 aromatic rings. The van der Waals surface area contributed by atoms with E-state index in [1.54, 1.807) is 6.33 Å². The van der Waals surface area contributed by atoms with E-state index in [0.29, 0.717) is 6.04 Å². The molecule has 0 spiro atoms. The number of hydrogen-bond acceptors (Lipinski definition) is 4. The molecule has 0 radical (unpaired) electrons. The maximum Gasteiger partial charge on any atom is 0.146 e. The number of rotatable bonds is 7. The Morgan fingerprint density at radius 2 is 1.86 bits per heavy atom. The molecular weight excluding hydrogens is 328 g/mol. The van der Waals surface area contributed by atoms with Crippen molar-refractivity contribution in [1.29, 1.82) is 0 Å². The van der Waals surface area contributed by atoms with Gasteiger partial charge in [0.25, 0.3) is 0 Å². The van der Waals surface area contributed by atoms with Crippen molar-refractivity contribution in [1.82, 2.24) is 9.97 Å². The normalized spacial score (nSPS) is 12.0. The average molecular weight is 349 g/mol. The molecular formula is C16H21BrN4. The molecule has 0 amide bonds. The van der Waals surface area contributed by atoms with E-state index in [0.717, 1.165) is 35.5 Å². The van der Waals surface area contributed by atoms with Crippen molar-refractivity contribution in [2.75, 3.05) is 17.2 Å². The highest BCUT2D eigenvalue weighted by atomic mass is 79.9. The van der Waals surface area contributed by atoms with Crippen LogP contribution in [0.1, 0.15) is 25.8 Å². The summed E-state index contributed by atoms with van der Waals surface area (Å²) >= 11 is 3.56. The second-order valence-electron chi connectivity index (χ2n) is 4.98. The largest absolute Gasteiger partial charge is 0.369 e. The molecule has 112 valence electrons. The van der Waals surface area contributed by atoms with Crippen LogP contribution in [0.25, 0.3) is 0 Å². The summed E-state index contributed by atoms with van der Waals surface area (Å²) in [6.07, 6.45) is 3.68. The molecule has 2 N–H and O–H groups in total. The first-order valence-electron chi connectivity index (χ1n) is 7.25. The van der Waals surface area contributed by atoms with Crippen LogP contribution in [0.2, 0.25) is 0 Å². The van der Waals surface area contributed by atoms with Crippen LogP contribution in [0.4, 0.5) is 11.6 Å². The highest BCUT2D eigenvalue weighted by molar-refractivity contribution is 9.10. The highest BCUT2D eigenvalue weighted by Crippen LogP contribution is 2.27. The van der Waals surface area contributed by atoms with Crippen LogP contribution in [-0.2, 0) is 6.42 Å². The Balaban J connectivity index is 1.93. The lowest BCUT2D eigenvalue weighted by atomic mass is 10.1. The van der Waals surface area contributed by atoms with Crippen molar-refractivity contribution < 1.29 is 0 Å². The van der Waals surface area contributed by atoms with Crippen LogP contribution in [0, 0.1) is 0 Å². The Morgan fingerprint density at radius 1 is 1.14 bits per heavy atom. The Bertz CT molecular complexity index is 559. The molecule has 5 heteroatoms. The molecule has 0 saturated carbocycles. The number of anilines is 2. The van der Waals surface area contributed by atoms with E-state index >= 15 is 0 Å². The number of aryl methyl sites for hydroxylation is 1. The van der Waals surface area contributed by atoms with Gasteiger partial charge in [0.1, 0.15) is 22.4 Å². The van der Waals surface area contributed by atoms with Crippen molar-refractivity contribution in [3.05, 3.63) is 46.7 Å². The van der Waals surface area contributed by atoms with Gasteiger partial charge in [0, 0.05) is 12.6 Å². The summed E-state index contributed by atoms with van der Waals surface area (Å²) in [5, 5.41) is 6.65. The van der Waals surface area contributed by atoms with Crippen molar-refractivity contribution in [3.63, 3.8) is 0 Å². The van der Waals surface area contributed by atoms with Gasteiger partial charge in [-0.3, -0.25) is 0 Å². The molecule has 1 atom stereocenters. The van der Waals surface area contributed by atoms with E-state index in [-0.39, 0.29) is 0 Å². The molecule has 0 aliphatic carbocycles. The molecule has 1 heterocycles. The van der Waals surface area contributed by atoms with E-state index in [4.69, 9.17) is 0 Å². The fourth-order valence-electron chi connectivity index (χ4n) is 2.09. The van der Waals surface area contributed by atoms with Gasteiger partial charge in [-0.1, -0.05) is 30.3 Å². The molecule has 0 aliphatic rings. The van der Waals surface area contributed by atoms with Crippen molar-refractivity contribution >= 4 is 27.6 Å². The van der Waals surface area contributed by atoms with Crippen molar-refractivity contribution in [3.8, 4) is 0 Å². The van der Waals surface area contributed by atoms with Gasteiger partial charge in [0.05, 0.1) is 0 Å². The standard InChI is InChI=1S/C16H21BrN4/c1-3-18-15-14(17)16(20-11-19-15)21-12(2)9-10-13-7-5-4-6-8-13/h4-8,11-12H,3,9-10H2,1-2H3,(H2,18,19,20,21). The van der Waals surface area contributed by atoms with Gasteiger partial charge >= 0.3 is 0 Å². The maximum absolute atomic E-state index is 4.31. The van der Waals surface area contributed by atoms with Gasteiger partial charge in [0.15, 0.2) is 0 Å². The zero-order valence-electron chi connectivity index (χ0n) is 12.4. The third kappa shape index (κ3) is 4.70. The zero-order chi connectivity index (χ0) is 15.1. The zero-order valence-corrected chi connectivity index (χ0v) is 14.0. The number of nitrogens with one attached hydrogen (secondary N) is 2. The molecule has 0 bridgehead atoms. The Hall–Kier alpha value is -1.62. The molecule has 1 aromatic heterocycles. The van der Waals surface area contributed by atoms with Crippen LogP contribution in [0.5, 0.6) is 0 Å². The number of benzene rings is 1. The monoisotopic (exact) mass is 348 g/mol. The summed E-state index contributed by atoms with van der Waals surface area (Å²) in [5.41, 5.74) is 1.36. The first-order chi connectivity index (χ1) is 10.2. The van der Waals surface area contributed by atoms with Crippen LogP contribution in [0.3, 0.4) is 0 Å². The van der Waals surface area contributed by atoms with Crippen molar-refractivity contribution in [2.24, 2.45) is 0 Å². The molecule has 1 unspecified atom stereocenters. The minimum absolute atomic E-state index is 0.339. The predicted octanol–water partition coefficient (Wildman–Crippen LogP) is 4.10. The van der Waals surface area contributed by atoms with Crippen LogP contribution < -0.4 is 10.6 Å². The van der Waals surface area contributed by atoms with Crippen LogP contribution in [0.15, 0.2) is 41.1 Å². The quantitative estimate of drug-likeness (QED) is 0.790. The smallest absolute Gasteiger partial charge is 0.146 e. The van der Waals surface area contributed by atoms with Gasteiger partial charge in [-0.25, -0.2) is 9.97 Å². The SMILES string of the molecule is CCNc1ncnc(NC(C)CCc2ccccc2)c1Br. The second kappa shape index (κ2) is 7.98. The van der Waals surface area contributed by atoms with Gasteiger partial charge in [0.2, 0.25) is 0 Å². The molecule has 0 saturated heterocycles. The van der Waals surface area contributed by atoms with Gasteiger partial charge in [-0.15, -0.1) is 0 Å². The number of nitrogens with zero attached hydrogens (tertiary/aromatic N) is 2. The minimum atomic E-state index is 0.339. The average Bonchev–Trinajstić information content (AvgIpc) is 2.50. The molecule has 0 aliphatic heterocycles. The molecule has 2 rings (SSSR count). The van der Waals surface area contributed by atoms with E-state index in [9.17, 15) is 0 Å². The summed E-state index contributed by atoms with van der Waals surface area (Å²) in [5.74, 6) is 1.66. The highest BCUT2D eigenvalue weighted by Gasteiger charge is 2.10. The third-order valence-electron chi connectivity index (χ3n) is 3.23. The first kappa shape index (κ1) is 15.8.